The number of hydrogen-bond donors (Lipinski definition) is 1. The van der Waals surface area contributed by atoms with E-state index in [9.17, 15) is 0 Å². The Bertz CT molecular complexity index is 3840. The lowest BCUT2D eigenvalue weighted by Gasteiger charge is -2.15. The number of fused-ring (bicyclic) bond motifs is 14. The molecule has 4 nitrogen and oxygen atoms in total. The van der Waals surface area contributed by atoms with Gasteiger partial charge in [0.25, 0.3) is 0 Å². The van der Waals surface area contributed by atoms with Crippen LogP contribution in [-0.2, 0) is 0 Å². The van der Waals surface area contributed by atoms with Gasteiger partial charge in [-0.2, -0.15) is 0 Å². The second kappa shape index (κ2) is 16.3. The van der Waals surface area contributed by atoms with Gasteiger partial charge in [-0.3, -0.25) is 9.98 Å². The monoisotopic (exact) mass is 868 g/mol. The zero-order chi connectivity index (χ0) is 43.3. The van der Waals surface area contributed by atoms with E-state index in [2.05, 4.69) is 210 Å². The van der Waals surface area contributed by atoms with E-state index in [1.807, 2.05) is 46.9 Å². The minimum atomic E-state index is 0.395. The van der Waals surface area contributed by atoms with Gasteiger partial charge in [-0.25, -0.2) is 0 Å². The molecule has 1 aliphatic rings. The van der Waals surface area contributed by atoms with Crippen molar-refractivity contribution in [3.05, 3.63) is 229 Å². The largest absolute Gasteiger partial charge is 0.361 e. The van der Waals surface area contributed by atoms with Gasteiger partial charge in [0, 0.05) is 80.7 Å². The number of aromatic nitrogens is 1. The number of para-hydroxylation sites is 2. The van der Waals surface area contributed by atoms with Crippen LogP contribution in [-0.4, -0.2) is 23.5 Å². The molecule has 0 spiro atoms. The van der Waals surface area contributed by atoms with Crippen LogP contribution in [0.15, 0.2) is 222 Å². The first-order valence-corrected chi connectivity index (χ1v) is 23.4. The SMILES string of the molecule is C=N/C(=C\C(=NCC1=C/C(n2c3ccccc3c3ccc4c5ccccc5sc4c32)=C\c2c(ccc3c2sc2ccccc23)-c2ccccc2N\C=C\1)c1ccccc1)c1ccccc1. The molecule has 8 aromatic carbocycles. The van der Waals surface area contributed by atoms with Crippen molar-refractivity contribution in [1.29, 1.82) is 0 Å². The molecule has 0 saturated carbocycles. The number of benzene rings is 8. The van der Waals surface area contributed by atoms with E-state index in [4.69, 9.17) is 4.99 Å². The molecule has 6 heteroatoms. The van der Waals surface area contributed by atoms with Gasteiger partial charge in [-0.1, -0.05) is 158 Å². The zero-order valence-corrected chi connectivity index (χ0v) is 36.9. The molecule has 0 amide bonds. The van der Waals surface area contributed by atoms with E-state index < -0.39 is 0 Å². The lowest BCUT2D eigenvalue weighted by molar-refractivity contribution is 1.17. The van der Waals surface area contributed by atoms with Crippen molar-refractivity contribution in [2.45, 2.75) is 0 Å². The van der Waals surface area contributed by atoms with Crippen LogP contribution in [0, 0.1) is 0 Å². The number of nitrogens with zero attached hydrogens (tertiary/aromatic N) is 3. The Morgan fingerprint density at radius 1 is 0.554 bits per heavy atom. The normalized spacial score (nSPS) is 15.6. The van der Waals surface area contributed by atoms with Gasteiger partial charge in [0.2, 0.25) is 0 Å². The zero-order valence-electron chi connectivity index (χ0n) is 35.3. The molecular weight excluding hydrogens is 829 g/mol. The number of hydrogen-bond acceptors (Lipinski definition) is 5. The van der Waals surface area contributed by atoms with Crippen molar-refractivity contribution >= 4 is 120 Å². The molecule has 1 N–H and O–H groups in total. The second-order valence-corrected chi connectivity index (χ2v) is 18.3. The van der Waals surface area contributed by atoms with E-state index in [1.54, 1.807) is 0 Å². The summed E-state index contributed by atoms with van der Waals surface area (Å²) in [6.45, 7) is 4.36. The first-order valence-electron chi connectivity index (χ1n) is 21.8. The number of rotatable bonds is 7. The predicted octanol–water partition coefficient (Wildman–Crippen LogP) is 16.3. The Morgan fingerprint density at radius 2 is 1.17 bits per heavy atom. The molecule has 11 aromatic rings. The second-order valence-electron chi connectivity index (χ2n) is 16.2. The van der Waals surface area contributed by atoms with Crippen LogP contribution in [0.5, 0.6) is 0 Å². The first-order chi connectivity index (χ1) is 32.2. The molecule has 3 aromatic heterocycles. The summed E-state index contributed by atoms with van der Waals surface area (Å²) in [4.78, 5) is 9.93. The van der Waals surface area contributed by atoms with Crippen molar-refractivity contribution in [2.75, 3.05) is 11.9 Å². The molecular formula is C59H40N4S2. The molecule has 0 unspecified atom stereocenters. The van der Waals surface area contributed by atoms with E-state index in [-0.39, 0.29) is 0 Å². The topological polar surface area (TPSA) is 41.7 Å². The van der Waals surface area contributed by atoms with Crippen LogP contribution in [0.1, 0.15) is 16.7 Å². The van der Waals surface area contributed by atoms with Crippen LogP contribution in [0.25, 0.3) is 90.7 Å². The summed E-state index contributed by atoms with van der Waals surface area (Å²) in [6, 6.07) is 64.9. The van der Waals surface area contributed by atoms with E-state index in [0.717, 1.165) is 50.6 Å². The van der Waals surface area contributed by atoms with Gasteiger partial charge in [-0.15, -0.1) is 22.7 Å². The van der Waals surface area contributed by atoms with Crippen molar-refractivity contribution in [3.63, 3.8) is 0 Å². The van der Waals surface area contributed by atoms with Crippen LogP contribution in [0.3, 0.4) is 0 Å². The van der Waals surface area contributed by atoms with Crippen LogP contribution in [0.4, 0.5) is 5.69 Å². The Hall–Kier alpha value is -7.90. The van der Waals surface area contributed by atoms with Crippen LogP contribution >= 0.6 is 22.7 Å². The summed E-state index contributed by atoms with van der Waals surface area (Å²) in [7, 11) is 0. The highest BCUT2D eigenvalue weighted by Gasteiger charge is 2.21. The fourth-order valence-electron chi connectivity index (χ4n) is 9.39. The Kier molecular flexibility index (Phi) is 9.74. The number of anilines is 1. The Balaban J connectivity index is 1.18. The van der Waals surface area contributed by atoms with E-state index in [0.29, 0.717) is 6.54 Å². The molecule has 0 bridgehead atoms. The third-order valence-electron chi connectivity index (χ3n) is 12.4. The first kappa shape index (κ1) is 38.7. The average Bonchev–Trinajstić information content (AvgIpc) is 4.04. The highest BCUT2D eigenvalue weighted by Crippen LogP contribution is 2.46. The van der Waals surface area contributed by atoms with Gasteiger partial charge in [0.1, 0.15) is 0 Å². The van der Waals surface area contributed by atoms with E-state index in [1.165, 1.54) is 67.8 Å². The number of aliphatic imine (C=N–C) groups is 2. The third-order valence-corrected chi connectivity index (χ3v) is 14.8. The maximum Gasteiger partial charge on any atom is 0.0719 e. The fourth-order valence-corrected chi connectivity index (χ4v) is 11.9. The van der Waals surface area contributed by atoms with Gasteiger partial charge in [0.15, 0.2) is 0 Å². The molecule has 0 fully saturated rings. The Morgan fingerprint density at radius 3 is 1.94 bits per heavy atom. The number of thiophene rings is 2. The van der Waals surface area contributed by atoms with Crippen LogP contribution in [0.2, 0.25) is 0 Å². The molecule has 0 saturated heterocycles. The molecule has 0 aliphatic carbocycles. The summed E-state index contributed by atoms with van der Waals surface area (Å²) in [5.41, 5.74) is 12.5. The number of nitrogens with one attached hydrogen (secondary N) is 1. The molecule has 0 radical (unpaired) electrons. The summed E-state index contributed by atoms with van der Waals surface area (Å²) < 4.78 is 7.59. The molecule has 0 atom stereocenters. The van der Waals surface area contributed by atoms with Crippen LogP contribution < -0.4 is 5.32 Å². The lowest BCUT2D eigenvalue weighted by Crippen LogP contribution is -2.02. The summed E-state index contributed by atoms with van der Waals surface area (Å²) in [6.07, 6.45) is 11.1. The molecule has 65 heavy (non-hydrogen) atoms. The van der Waals surface area contributed by atoms with Crippen molar-refractivity contribution < 1.29 is 0 Å². The minimum absolute atomic E-state index is 0.395. The average molecular weight is 869 g/mol. The molecule has 1 aliphatic heterocycles. The molecule has 12 rings (SSSR count). The quantitative estimate of drug-likeness (QED) is 0.159. The summed E-state index contributed by atoms with van der Waals surface area (Å²) >= 11 is 3.74. The fraction of sp³-hybridized carbons (Fsp3) is 0.0169. The smallest absolute Gasteiger partial charge is 0.0719 e. The van der Waals surface area contributed by atoms with Gasteiger partial charge >= 0.3 is 0 Å². The molecule has 4 heterocycles. The predicted molar refractivity (Wildman–Crippen MR) is 284 cm³/mol. The lowest BCUT2D eigenvalue weighted by atomic mass is 9.95. The molecule has 308 valence electrons. The highest BCUT2D eigenvalue weighted by molar-refractivity contribution is 7.27. The van der Waals surface area contributed by atoms with E-state index >= 15 is 0 Å². The van der Waals surface area contributed by atoms with Gasteiger partial charge in [0.05, 0.1) is 33.7 Å². The number of allylic oxidation sites excluding steroid dienone is 3. The summed E-state index contributed by atoms with van der Waals surface area (Å²) in [5.74, 6) is 0. The summed E-state index contributed by atoms with van der Waals surface area (Å²) in [5, 5.41) is 11.2. The minimum Gasteiger partial charge on any atom is -0.361 e. The van der Waals surface area contributed by atoms with Gasteiger partial charge < -0.3 is 9.88 Å². The standard InChI is InChI=1S/C59H40N4S2/c1-60-52(39-16-4-2-5-17-39)36-53(40-18-6-3-7-19-40)62-37-38-32-33-61-51-24-12-8-20-43(51)42-28-30-48-45-22-10-14-26-55(45)64-58(48)50(42)35-41(34-38)63-54-25-13-9-21-44(54)47-29-31-49-46-23-11-15-27-56(46)65-59(49)57(47)63/h2-36,61H,1,37H2/b33-32+,38-34+,41-35+,52-36-,62-53?. The van der Waals surface area contributed by atoms with Crippen molar-refractivity contribution in [2.24, 2.45) is 9.98 Å². The van der Waals surface area contributed by atoms with Gasteiger partial charge in [-0.05, 0) is 72.0 Å². The highest BCUT2D eigenvalue weighted by atomic mass is 32.1. The third kappa shape index (κ3) is 6.83. The Labute approximate surface area is 384 Å². The van der Waals surface area contributed by atoms with Crippen molar-refractivity contribution in [3.8, 4) is 11.1 Å². The maximum atomic E-state index is 5.44. The maximum absolute atomic E-state index is 5.44. The van der Waals surface area contributed by atoms with Crippen molar-refractivity contribution in [1.82, 2.24) is 4.57 Å².